The van der Waals surface area contributed by atoms with Crippen molar-refractivity contribution in [3.63, 3.8) is 0 Å². The van der Waals surface area contributed by atoms with Gasteiger partial charge >= 0.3 is 0 Å². The molecule has 0 radical (unpaired) electrons. The topological polar surface area (TPSA) is 37.4 Å². The van der Waals surface area contributed by atoms with Gasteiger partial charge in [-0.15, -0.1) is 6.58 Å². The minimum atomic E-state index is -3.74. The summed E-state index contributed by atoms with van der Waals surface area (Å²) in [6.45, 7) is 10.2. The van der Waals surface area contributed by atoms with E-state index in [2.05, 4.69) is 13.2 Å². The Morgan fingerprint density at radius 1 is 0.931 bits per heavy atom. The van der Waals surface area contributed by atoms with Gasteiger partial charge in [0.1, 0.15) is 0 Å². The first kappa shape index (κ1) is 20.6. The van der Waals surface area contributed by atoms with Gasteiger partial charge < -0.3 is 0 Å². The lowest BCUT2D eigenvalue weighted by molar-refractivity contribution is 0.591. The molecule has 0 heterocycles. The molecule has 0 amide bonds. The van der Waals surface area contributed by atoms with Gasteiger partial charge in [0.2, 0.25) is 0 Å². The zero-order valence-electron chi connectivity index (χ0n) is 16.6. The van der Waals surface area contributed by atoms with Gasteiger partial charge in [-0.25, -0.2) is 8.42 Å². The smallest absolute Gasteiger partial charge is 0.264 e. The molecule has 4 heteroatoms. The molecule has 0 fully saturated rings. The van der Waals surface area contributed by atoms with E-state index in [9.17, 15) is 8.42 Å². The van der Waals surface area contributed by atoms with E-state index in [0.717, 1.165) is 22.3 Å². The maximum absolute atomic E-state index is 13.5. The minimum Gasteiger partial charge on any atom is -0.265 e. The van der Waals surface area contributed by atoms with Crippen LogP contribution in [0.2, 0.25) is 0 Å². The summed E-state index contributed by atoms with van der Waals surface area (Å²) >= 11 is 0. The second-order valence-corrected chi connectivity index (χ2v) is 8.69. The van der Waals surface area contributed by atoms with Crippen molar-refractivity contribution >= 4 is 21.3 Å². The summed E-state index contributed by atoms with van der Waals surface area (Å²) < 4.78 is 28.5. The summed E-state index contributed by atoms with van der Waals surface area (Å²) in [7, 11) is -3.74. The first-order valence-electron chi connectivity index (χ1n) is 9.49. The number of para-hydroxylation sites is 1. The quantitative estimate of drug-likeness (QED) is 0.444. The SMILES string of the molecule is C=CCCN(c1ccccc1C(=C)c1ccccc1)S(=O)(=O)c1ccc(C)cc1. The summed E-state index contributed by atoms with van der Waals surface area (Å²) in [6, 6.07) is 24.2. The van der Waals surface area contributed by atoms with E-state index in [1.54, 1.807) is 18.2 Å². The van der Waals surface area contributed by atoms with E-state index in [1.807, 2.05) is 73.7 Å². The van der Waals surface area contributed by atoms with Gasteiger partial charge in [0, 0.05) is 12.1 Å². The van der Waals surface area contributed by atoms with E-state index in [-0.39, 0.29) is 4.90 Å². The Bertz CT molecular complexity index is 1100. The molecule has 0 aliphatic carbocycles. The van der Waals surface area contributed by atoms with Crippen LogP contribution < -0.4 is 4.31 Å². The van der Waals surface area contributed by atoms with Crippen molar-refractivity contribution in [2.45, 2.75) is 18.2 Å². The molecule has 0 saturated heterocycles. The lowest BCUT2D eigenvalue weighted by Crippen LogP contribution is -2.32. The van der Waals surface area contributed by atoms with E-state index >= 15 is 0 Å². The molecule has 3 nitrogen and oxygen atoms in total. The van der Waals surface area contributed by atoms with Gasteiger partial charge in [-0.05, 0) is 42.7 Å². The van der Waals surface area contributed by atoms with E-state index in [4.69, 9.17) is 0 Å². The third kappa shape index (κ3) is 4.49. The zero-order valence-corrected chi connectivity index (χ0v) is 17.4. The molecule has 0 unspecified atom stereocenters. The molecule has 148 valence electrons. The van der Waals surface area contributed by atoms with Crippen molar-refractivity contribution in [2.24, 2.45) is 0 Å². The number of aryl methyl sites for hydroxylation is 1. The van der Waals surface area contributed by atoms with Gasteiger partial charge in [0.05, 0.1) is 10.6 Å². The van der Waals surface area contributed by atoms with Crippen LogP contribution in [0.3, 0.4) is 0 Å². The van der Waals surface area contributed by atoms with E-state index in [0.29, 0.717) is 18.7 Å². The normalized spacial score (nSPS) is 11.1. The molecule has 0 aliphatic heterocycles. The first-order chi connectivity index (χ1) is 13.9. The highest BCUT2D eigenvalue weighted by atomic mass is 32.2. The molecule has 0 saturated carbocycles. The lowest BCUT2D eigenvalue weighted by Gasteiger charge is -2.27. The third-order valence-corrected chi connectivity index (χ3v) is 6.59. The molecule has 3 rings (SSSR count). The second kappa shape index (κ2) is 8.93. The van der Waals surface area contributed by atoms with Crippen LogP contribution in [0.25, 0.3) is 5.57 Å². The molecule has 0 spiro atoms. The van der Waals surface area contributed by atoms with Crippen LogP contribution in [0.4, 0.5) is 5.69 Å². The highest BCUT2D eigenvalue weighted by Gasteiger charge is 2.26. The number of hydrogen-bond acceptors (Lipinski definition) is 2. The average Bonchev–Trinajstić information content (AvgIpc) is 2.74. The standard InChI is InChI=1S/C25H25NO2S/c1-4-5-19-26(29(27,28)23-17-15-20(2)16-18-23)25-14-10-9-13-24(25)21(3)22-11-7-6-8-12-22/h4,6-18H,1,3,5,19H2,2H3. The van der Waals surface area contributed by atoms with Gasteiger partial charge in [-0.3, -0.25) is 4.31 Å². The molecular weight excluding hydrogens is 378 g/mol. The number of rotatable bonds is 8. The Labute approximate surface area is 173 Å². The Hall–Kier alpha value is -3.11. The van der Waals surface area contributed by atoms with E-state index in [1.165, 1.54) is 4.31 Å². The zero-order chi connectivity index (χ0) is 20.9. The number of sulfonamides is 1. The van der Waals surface area contributed by atoms with Crippen molar-refractivity contribution in [1.82, 2.24) is 0 Å². The average molecular weight is 404 g/mol. The lowest BCUT2D eigenvalue weighted by atomic mass is 9.98. The highest BCUT2D eigenvalue weighted by molar-refractivity contribution is 7.92. The molecular formula is C25H25NO2S. The molecule has 3 aromatic carbocycles. The number of anilines is 1. The maximum Gasteiger partial charge on any atom is 0.264 e. The predicted octanol–water partition coefficient (Wildman–Crippen LogP) is 5.83. The predicted molar refractivity (Wildman–Crippen MR) is 122 cm³/mol. The Morgan fingerprint density at radius 2 is 1.55 bits per heavy atom. The molecule has 0 aromatic heterocycles. The maximum atomic E-state index is 13.5. The Balaban J connectivity index is 2.12. The highest BCUT2D eigenvalue weighted by Crippen LogP contribution is 2.34. The van der Waals surface area contributed by atoms with Crippen LogP contribution in [-0.4, -0.2) is 15.0 Å². The van der Waals surface area contributed by atoms with Crippen LogP contribution >= 0.6 is 0 Å². The molecule has 0 aliphatic rings. The Kier molecular flexibility index (Phi) is 6.35. The molecule has 0 bridgehead atoms. The number of benzene rings is 3. The Morgan fingerprint density at radius 3 is 2.21 bits per heavy atom. The summed E-state index contributed by atoms with van der Waals surface area (Å²) in [4.78, 5) is 0.271. The van der Waals surface area contributed by atoms with Crippen molar-refractivity contribution < 1.29 is 8.42 Å². The fourth-order valence-corrected chi connectivity index (χ4v) is 4.66. The molecule has 0 N–H and O–H groups in total. The summed E-state index contributed by atoms with van der Waals surface area (Å²) in [6.07, 6.45) is 2.27. The van der Waals surface area contributed by atoms with Crippen molar-refractivity contribution in [3.05, 3.63) is 115 Å². The van der Waals surface area contributed by atoms with Crippen molar-refractivity contribution in [1.29, 1.82) is 0 Å². The van der Waals surface area contributed by atoms with Gasteiger partial charge in [-0.1, -0.05) is 78.9 Å². The fourth-order valence-electron chi connectivity index (χ4n) is 3.16. The third-order valence-electron chi connectivity index (χ3n) is 4.77. The first-order valence-corrected chi connectivity index (χ1v) is 10.9. The van der Waals surface area contributed by atoms with Crippen LogP contribution in [0.15, 0.2) is 103 Å². The van der Waals surface area contributed by atoms with Crippen LogP contribution in [-0.2, 0) is 10.0 Å². The van der Waals surface area contributed by atoms with Crippen LogP contribution in [0.5, 0.6) is 0 Å². The molecule has 3 aromatic rings. The number of nitrogens with zero attached hydrogens (tertiary/aromatic N) is 1. The summed E-state index contributed by atoms with van der Waals surface area (Å²) in [5.41, 5.74) is 4.15. The van der Waals surface area contributed by atoms with Crippen LogP contribution in [0.1, 0.15) is 23.1 Å². The minimum absolute atomic E-state index is 0.271. The van der Waals surface area contributed by atoms with Crippen molar-refractivity contribution in [3.8, 4) is 0 Å². The summed E-state index contributed by atoms with van der Waals surface area (Å²) in [5.74, 6) is 0. The van der Waals surface area contributed by atoms with E-state index < -0.39 is 10.0 Å². The molecule has 29 heavy (non-hydrogen) atoms. The van der Waals surface area contributed by atoms with Crippen molar-refractivity contribution in [2.75, 3.05) is 10.8 Å². The second-order valence-electron chi connectivity index (χ2n) is 6.83. The van der Waals surface area contributed by atoms with Crippen LogP contribution in [0, 0.1) is 6.92 Å². The largest absolute Gasteiger partial charge is 0.265 e. The monoisotopic (exact) mass is 403 g/mol. The van der Waals surface area contributed by atoms with Gasteiger partial charge in [0.25, 0.3) is 10.0 Å². The number of hydrogen-bond donors (Lipinski definition) is 0. The molecule has 0 atom stereocenters. The van der Waals surface area contributed by atoms with Gasteiger partial charge in [0.15, 0.2) is 0 Å². The van der Waals surface area contributed by atoms with Gasteiger partial charge in [-0.2, -0.15) is 0 Å². The fraction of sp³-hybridized carbons (Fsp3) is 0.120. The summed E-state index contributed by atoms with van der Waals surface area (Å²) in [5, 5.41) is 0.